The van der Waals surface area contributed by atoms with Crippen LogP contribution in [-0.4, -0.2) is 39.5 Å². The number of hydrogen-bond donors (Lipinski definition) is 0. The van der Waals surface area contributed by atoms with Gasteiger partial charge in [-0.3, -0.25) is 24.6 Å². The number of amides is 1. The largest absolute Gasteiger partial charge is 0.465 e. The van der Waals surface area contributed by atoms with Crippen LogP contribution in [0.4, 0.5) is 11.6 Å². The summed E-state index contributed by atoms with van der Waals surface area (Å²) in [7, 11) is 0. The Morgan fingerprint density at radius 2 is 1.88 bits per heavy atom. The Kier molecular flexibility index (Phi) is 6.13. The lowest BCUT2D eigenvalue weighted by Crippen LogP contribution is -2.50. The van der Waals surface area contributed by atoms with Gasteiger partial charge in [-0.15, -0.1) is 0 Å². The number of non-ortho nitro benzene ring substituents is 1. The van der Waals surface area contributed by atoms with Crippen molar-refractivity contribution in [3.05, 3.63) is 64.2 Å². The number of fused-ring (bicyclic) bond motifs is 3. The van der Waals surface area contributed by atoms with Crippen molar-refractivity contribution in [3.8, 4) is 0 Å². The zero-order valence-electron chi connectivity index (χ0n) is 18.8. The molecule has 3 aromatic rings. The van der Waals surface area contributed by atoms with Crippen LogP contribution in [0.5, 0.6) is 0 Å². The summed E-state index contributed by atoms with van der Waals surface area (Å²) in [5.41, 5.74) is 2.00. The van der Waals surface area contributed by atoms with Crippen LogP contribution in [0.2, 0.25) is 0 Å². The maximum atomic E-state index is 13.7. The smallest absolute Gasteiger partial charge is 0.321 e. The van der Waals surface area contributed by atoms with E-state index in [2.05, 4.69) is 13.8 Å². The highest BCUT2D eigenvalue weighted by molar-refractivity contribution is 6.08. The summed E-state index contributed by atoms with van der Waals surface area (Å²) >= 11 is 0. The number of nitrogens with zero attached hydrogens (tertiary/aromatic N) is 4. The maximum Gasteiger partial charge on any atom is 0.321 e. The molecule has 1 aliphatic heterocycles. The number of rotatable bonds is 7. The first-order valence-electron chi connectivity index (χ1n) is 11.0. The van der Waals surface area contributed by atoms with E-state index in [0.717, 1.165) is 11.9 Å². The Hall–Kier alpha value is -3.75. The standard InChI is InChI=1S/C24H26N4O5/c1-4-33-23(30)20-21(16-9-11-17(12-10-16)28(31)32)27-19-8-6-5-7-18(19)25-24(27)26(22(20)29)14-13-15(2)3/h5-12,15,20-21H,4,13-14H2,1-3H3/t20-,21+/m0/s1. The first kappa shape index (κ1) is 22.4. The molecule has 0 saturated heterocycles. The summed E-state index contributed by atoms with van der Waals surface area (Å²) in [5, 5.41) is 11.2. The fourth-order valence-corrected chi connectivity index (χ4v) is 4.24. The molecule has 1 amide bonds. The van der Waals surface area contributed by atoms with E-state index in [9.17, 15) is 19.7 Å². The van der Waals surface area contributed by atoms with Crippen LogP contribution in [0, 0.1) is 22.0 Å². The Balaban J connectivity index is 1.94. The van der Waals surface area contributed by atoms with Gasteiger partial charge in [0.15, 0.2) is 5.92 Å². The van der Waals surface area contributed by atoms with Crippen LogP contribution in [-0.2, 0) is 14.3 Å². The normalized spacial score (nSPS) is 17.9. The summed E-state index contributed by atoms with van der Waals surface area (Å²) in [6.45, 7) is 6.39. The lowest BCUT2D eigenvalue weighted by Gasteiger charge is -2.38. The van der Waals surface area contributed by atoms with Crippen molar-refractivity contribution in [2.45, 2.75) is 33.2 Å². The quantitative estimate of drug-likeness (QED) is 0.232. The van der Waals surface area contributed by atoms with E-state index in [4.69, 9.17) is 9.72 Å². The van der Waals surface area contributed by atoms with E-state index < -0.39 is 22.9 Å². The van der Waals surface area contributed by atoms with E-state index in [0.29, 0.717) is 29.5 Å². The van der Waals surface area contributed by atoms with Crippen LogP contribution < -0.4 is 4.90 Å². The molecule has 0 radical (unpaired) electrons. The van der Waals surface area contributed by atoms with Crippen molar-refractivity contribution in [2.24, 2.45) is 11.8 Å². The average molecular weight is 450 g/mol. The number of para-hydroxylation sites is 2. The molecule has 2 aromatic carbocycles. The molecular formula is C24H26N4O5. The second-order valence-electron chi connectivity index (χ2n) is 8.47. The van der Waals surface area contributed by atoms with Crippen molar-refractivity contribution in [3.63, 3.8) is 0 Å². The number of hydrogen-bond acceptors (Lipinski definition) is 6. The monoisotopic (exact) mass is 450 g/mol. The van der Waals surface area contributed by atoms with E-state index >= 15 is 0 Å². The minimum Gasteiger partial charge on any atom is -0.465 e. The molecule has 0 fully saturated rings. The molecule has 9 heteroatoms. The molecule has 33 heavy (non-hydrogen) atoms. The molecule has 2 heterocycles. The van der Waals surface area contributed by atoms with Gasteiger partial charge in [0.2, 0.25) is 11.9 Å². The molecule has 0 aliphatic carbocycles. The second-order valence-corrected chi connectivity index (χ2v) is 8.47. The van der Waals surface area contributed by atoms with Gasteiger partial charge >= 0.3 is 5.97 Å². The molecule has 0 bridgehead atoms. The fraction of sp³-hybridized carbons (Fsp3) is 0.375. The number of nitro groups is 1. The predicted molar refractivity (Wildman–Crippen MR) is 123 cm³/mol. The Labute approximate surface area is 191 Å². The third kappa shape index (κ3) is 4.06. The molecule has 9 nitrogen and oxygen atoms in total. The SMILES string of the molecule is CCOC(=O)[C@@H]1C(=O)N(CCC(C)C)c2nc3ccccc3n2[C@@H]1c1ccc([N+](=O)[O-])cc1. The zero-order chi connectivity index (χ0) is 23.7. The summed E-state index contributed by atoms with van der Waals surface area (Å²) in [4.78, 5) is 43.8. The molecule has 172 valence electrons. The minimum absolute atomic E-state index is 0.0668. The Bertz CT molecular complexity index is 1200. The predicted octanol–water partition coefficient (Wildman–Crippen LogP) is 4.11. The average Bonchev–Trinajstić information content (AvgIpc) is 3.17. The zero-order valence-corrected chi connectivity index (χ0v) is 18.8. The van der Waals surface area contributed by atoms with Gasteiger partial charge in [0.25, 0.3) is 5.69 Å². The number of nitro benzene ring substituents is 1. The Morgan fingerprint density at radius 1 is 1.18 bits per heavy atom. The fourth-order valence-electron chi connectivity index (χ4n) is 4.24. The van der Waals surface area contributed by atoms with Crippen molar-refractivity contribution in [1.82, 2.24) is 9.55 Å². The lowest BCUT2D eigenvalue weighted by molar-refractivity contribution is -0.384. The maximum absolute atomic E-state index is 13.7. The van der Waals surface area contributed by atoms with Gasteiger partial charge < -0.3 is 9.30 Å². The Morgan fingerprint density at radius 3 is 2.52 bits per heavy atom. The number of carbonyl (C=O) groups is 2. The first-order valence-corrected chi connectivity index (χ1v) is 11.0. The van der Waals surface area contributed by atoms with Crippen molar-refractivity contribution < 1.29 is 19.2 Å². The van der Waals surface area contributed by atoms with Gasteiger partial charge in [0, 0.05) is 18.7 Å². The number of aromatic nitrogens is 2. The van der Waals surface area contributed by atoms with Gasteiger partial charge in [0.05, 0.1) is 28.6 Å². The minimum atomic E-state index is -1.14. The topological polar surface area (TPSA) is 108 Å². The highest BCUT2D eigenvalue weighted by atomic mass is 16.6. The number of benzene rings is 2. The molecule has 0 saturated carbocycles. The van der Waals surface area contributed by atoms with Gasteiger partial charge in [-0.25, -0.2) is 4.98 Å². The van der Waals surface area contributed by atoms with Crippen molar-refractivity contribution >= 4 is 34.5 Å². The van der Waals surface area contributed by atoms with Crippen LogP contribution in [0.15, 0.2) is 48.5 Å². The first-order chi connectivity index (χ1) is 15.8. The van der Waals surface area contributed by atoms with Crippen LogP contribution >= 0.6 is 0 Å². The van der Waals surface area contributed by atoms with E-state index in [1.807, 2.05) is 28.8 Å². The number of esters is 1. The summed E-state index contributed by atoms with van der Waals surface area (Å²) < 4.78 is 7.20. The molecule has 1 aromatic heterocycles. The van der Waals surface area contributed by atoms with E-state index in [-0.39, 0.29) is 18.2 Å². The van der Waals surface area contributed by atoms with Gasteiger partial charge in [-0.05, 0) is 37.0 Å². The third-order valence-electron chi connectivity index (χ3n) is 5.86. The van der Waals surface area contributed by atoms with Crippen LogP contribution in [0.25, 0.3) is 11.0 Å². The second kappa shape index (κ2) is 9.01. The molecule has 2 atom stereocenters. The summed E-state index contributed by atoms with van der Waals surface area (Å²) in [5.74, 6) is -1.32. The van der Waals surface area contributed by atoms with Crippen LogP contribution in [0.1, 0.15) is 38.8 Å². The highest BCUT2D eigenvalue weighted by Crippen LogP contribution is 2.41. The third-order valence-corrected chi connectivity index (χ3v) is 5.86. The van der Waals surface area contributed by atoms with Gasteiger partial charge in [-0.2, -0.15) is 0 Å². The van der Waals surface area contributed by atoms with Gasteiger partial charge in [-0.1, -0.05) is 38.1 Å². The van der Waals surface area contributed by atoms with Gasteiger partial charge in [0.1, 0.15) is 0 Å². The number of carbonyl (C=O) groups excluding carboxylic acids is 2. The molecule has 0 N–H and O–H groups in total. The molecule has 0 spiro atoms. The molecule has 0 unspecified atom stereocenters. The molecule has 1 aliphatic rings. The van der Waals surface area contributed by atoms with E-state index in [1.54, 1.807) is 24.0 Å². The van der Waals surface area contributed by atoms with E-state index in [1.165, 1.54) is 12.1 Å². The van der Waals surface area contributed by atoms with Crippen molar-refractivity contribution in [1.29, 1.82) is 0 Å². The lowest BCUT2D eigenvalue weighted by atomic mass is 9.89. The highest BCUT2D eigenvalue weighted by Gasteiger charge is 2.47. The van der Waals surface area contributed by atoms with Crippen molar-refractivity contribution in [2.75, 3.05) is 18.1 Å². The number of imidazole rings is 1. The number of ether oxygens (including phenoxy) is 1. The summed E-state index contributed by atoms with van der Waals surface area (Å²) in [6, 6.07) is 12.7. The molecular weight excluding hydrogens is 424 g/mol. The number of anilines is 1. The molecule has 4 rings (SSSR count). The van der Waals surface area contributed by atoms with Crippen LogP contribution in [0.3, 0.4) is 0 Å². The summed E-state index contributed by atoms with van der Waals surface area (Å²) in [6.07, 6.45) is 0.743.